The standard InChI is InChI=1S/C20H31N5O2/c1-24-10-7-20(8-11-24)5-2-16(3-6-20)22-18(26)17-4-9-21-19(23-17)25-12-14-27-15-13-25/h4,9,16H,2-3,5-8,10-15H2,1H3,(H,22,26). The van der Waals surface area contributed by atoms with Gasteiger partial charge in [-0.1, -0.05) is 0 Å². The van der Waals surface area contributed by atoms with Gasteiger partial charge in [-0.3, -0.25) is 4.79 Å². The van der Waals surface area contributed by atoms with E-state index < -0.39 is 0 Å². The van der Waals surface area contributed by atoms with Gasteiger partial charge in [-0.05, 0) is 70.1 Å². The van der Waals surface area contributed by atoms with Crippen LogP contribution < -0.4 is 10.2 Å². The molecular weight excluding hydrogens is 342 g/mol. The van der Waals surface area contributed by atoms with Crippen molar-refractivity contribution in [2.45, 2.75) is 44.6 Å². The highest BCUT2D eigenvalue weighted by Gasteiger charge is 2.37. The molecule has 1 amide bonds. The molecule has 0 unspecified atom stereocenters. The summed E-state index contributed by atoms with van der Waals surface area (Å²) in [4.78, 5) is 26.0. The summed E-state index contributed by atoms with van der Waals surface area (Å²) in [5.41, 5.74) is 0.984. The summed E-state index contributed by atoms with van der Waals surface area (Å²) in [5.74, 6) is 0.552. The fraction of sp³-hybridized carbons (Fsp3) is 0.750. The minimum absolute atomic E-state index is 0.0729. The van der Waals surface area contributed by atoms with Gasteiger partial charge in [0.15, 0.2) is 0 Å². The summed E-state index contributed by atoms with van der Waals surface area (Å²) in [6.07, 6.45) is 8.91. The van der Waals surface area contributed by atoms with Crippen LogP contribution in [0.15, 0.2) is 12.3 Å². The molecule has 1 spiro atoms. The molecule has 7 heteroatoms. The number of morpholine rings is 1. The molecule has 3 aliphatic rings. The minimum Gasteiger partial charge on any atom is -0.378 e. The normalized spacial score (nSPS) is 24.1. The van der Waals surface area contributed by atoms with Crippen molar-refractivity contribution in [3.63, 3.8) is 0 Å². The second kappa shape index (κ2) is 8.10. The number of nitrogens with one attached hydrogen (secondary N) is 1. The number of carbonyl (C=O) groups excluding carboxylic acids is 1. The number of carbonyl (C=O) groups is 1. The highest BCUT2D eigenvalue weighted by atomic mass is 16.5. The van der Waals surface area contributed by atoms with E-state index in [9.17, 15) is 4.79 Å². The van der Waals surface area contributed by atoms with E-state index in [-0.39, 0.29) is 11.9 Å². The van der Waals surface area contributed by atoms with Crippen molar-refractivity contribution in [2.24, 2.45) is 5.41 Å². The lowest BCUT2D eigenvalue weighted by Crippen LogP contribution is -2.45. The van der Waals surface area contributed by atoms with E-state index in [1.165, 1.54) is 38.8 Å². The van der Waals surface area contributed by atoms with Gasteiger partial charge in [-0.2, -0.15) is 0 Å². The average Bonchev–Trinajstić information content (AvgIpc) is 2.73. The number of hydrogen-bond acceptors (Lipinski definition) is 6. The molecule has 1 N–H and O–H groups in total. The van der Waals surface area contributed by atoms with Crippen LogP contribution in [0, 0.1) is 5.41 Å². The van der Waals surface area contributed by atoms with Crippen molar-refractivity contribution in [1.82, 2.24) is 20.2 Å². The third kappa shape index (κ3) is 4.41. The van der Waals surface area contributed by atoms with Gasteiger partial charge in [0.2, 0.25) is 5.95 Å². The van der Waals surface area contributed by atoms with Gasteiger partial charge < -0.3 is 19.9 Å². The van der Waals surface area contributed by atoms with Crippen LogP contribution in [-0.4, -0.2) is 73.3 Å². The zero-order chi connectivity index (χ0) is 18.7. The topological polar surface area (TPSA) is 70.6 Å². The molecular formula is C20H31N5O2. The number of likely N-dealkylation sites (tertiary alicyclic amines) is 1. The summed E-state index contributed by atoms with van der Waals surface area (Å²) in [6, 6.07) is 1.98. The first kappa shape index (κ1) is 18.6. The Hall–Kier alpha value is -1.73. The molecule has 0 radical (unpaired) electrons. The monoisotopic (exact) mass is 373 g/mol. The lowest BCUT2D eigenvalue weighted by molar-refractivity contribution is 0.0653. The molecule has 1 aromatic heterocycles. The van der Waals surface area contributed by atoms with Crippen molar-refractivity contribution >= 4 is 11.9 Å². The zero-order valence-corrected chi connectivity index (χ0v) is 16.3. The number of amides is 1. The summed E-state index contributed by atoms with van der Waals surface area (Å²) in [5, 5.41) is 3.21. The largest absolute Gasteiger partial charge is 0.378 e. The smallest absolute Gasteiger partial charge is 0.270 e. The SMILES string of the molecule is CN1CCC2(CCC(NC(=O)c3ccnc(N4CCOCC4)n3)CC2)CC1. The van der Waals surface area contributed by atoms with Crippen LogP contribution >= 0.6 is 0 Å². The molecule has 4 rings (SSSR count). The van der Waals surface area contributed by atoms with Crippen LogP contribution in [0.4, 0.5) is 5.95 Å². The first-order valence-corrected chi connectivity index (χ1v) is 10.3. The van der Waals surface area contributed by atoms with Gasteiger partial charge in [0.05, 0.1) is 13.2 Å². The van der Waals surface area contributed by atoms with E-state index in [0.29, 0.717) is 30.3 Å². The number of piperidine rings is 1. The third-order valence-corrected chi connectivity index (χ3v) is 6.60. The number of rotatable bonds is 3. The highest BCUT2D eigenvalue weighted by molar-refractivity contribution is 5.92. The van der Waals surface area contributed by atoms with E-state index in [2.05, 4.69) is 32.1 Å². The van der Waals surface area contributed by atoms with Gasteiger partial charge in [0.1, 0.15) is 5.69 Å². The Balaban J connectivity index is 1.32. The molecule has 0 aromatic carbocycles. The van der Waals surface area contributed by atoms with Gasteiger partial charge in [0, 0.05) is 25.3 Å². The molecule has 1 aromatic rings. The van der Waals surface area contributed by atoms with Gasteiger partial charge >= 0.3 is 0 Å². The predicted octanol–water partition coefficient (Wildman–Crippen LogP) is 1.70. The number of hydrogen-bond donors (Lipinski definition) is 1. The van der Waals surface area contributed by atoms with Crippen LogP contribution in [-0.2, 0) is 4.74 Å². The maximum Gasteiger partial charge on any atom is 0.270 e. The first-order chi connectivity index (χ1) is 13.1. The molecule has 0 bridgehead atoms. The van der Waals surface area contributed by atoms with E-state index in [0.717, 1.165) is 25.9 Å². The van der Waals surface area contributed by atoms with Gasteiger partial charge in [-0.15, -0.1) is 0 Å². The van der Waals surface area contributed by atoms with E-state index in [1.807, 2.05) is 0 Å². The molecule has 1 aliphatic carbocycles. The Bertz CT molecular complexity index is 644. The van der Waals surface area contributed by atoms with Crippen LogP contribution in [0.1, 0.15) is 49.0 Å². The van der Waals surface area contributed by atoms with Gasteiger partial charge in [0.25, 0.3) is 5.91 Å². The van der Waals surface area contributed by atoms with Crippen molar-refractivity contribution in [2.75, 3.05) is 51.3 Å². The van der Waals surface area contributed by atoms with Crippen LogP contribution in [0.25, 0.3) is 0 Å². The summed E-state index contributed by atoms with van der Waals surface area (Å²) >= 11 is 0. The number of aromatic nitrogens is 2. The second-order valence-corrected chi connectivity index (χ2v) is 8.39. The Kier molecular flexibility index (Phi) is 5.59. The van der Waals surface area contributed by atoms with E-state index in [1.54, 1.807) is 12.3 Å². The average molecular weight is 374 g/mol. The molecule has 0 atom stereocenters. The first-order valence-electron chi connectivity index (χ1n) is 10.3. The number of ether oxygens (including phenoxy) is 1. The Morgan fingerprint density at radius 1 is 1.15 bits per heavy atom. The zero-order valence-electron chi connectivity index (χ0n) is 16.3. The highest BCUT2D eigenvalue weighted by Crippen LogP contribution is 2.44. The molecule has 2 saturated heterocycles. The fourth-order valence-corrected chi connectivity index (χ4v) is 4.62. The minimum atomic E-state index is -0.0729. The van der Waals surface area contributed by atoms with Crippen molar-refractivity contribution < 1.29 is 9.53 Å². The Morgan fingerprint density at radius 3 is 2.56 bits per heavy atom. The van der Waals surface area contributed by atoms with Crippen molar-refractivity contribution in [1.29, 1.82) is 0 Å². The van der Waals surface area contributed by atoms with E-state index >= 15 is 0 Å². The summed E-state index contributed by atoms with van der Waals surface area (Å²) in [7, 11) is 2.21. The van der Waals surface area contributed by atoms with Crippen LogP contribution in [0.3, 0.4) is 0 Å². The maximum atomic E-state index is 12.7. The maximum absolute atomic E-state index is 12.7. The molecule has 1 saturated carbocycles. The lowest BCUT2D eigenvalue weighted by atomic mass is 9.67. The Morgan fingerprint density at radius 2 is 1.85 bits per heavy atom. The Labute approximate surface area is 161 Å². The summed E-state index contributed by atoms with van der Waals surface area (Å²) in [6.45, 7) is 5.32. The molecule has 3 fully saturated rings. The second-order valence-electron chi connectivity index (χ2n) is 8.39. The van der Waals surface area contributed by atoms with Crippen LogP contribution in [0.2, 0.25) is 0 Å². The van der Waals surface area contributed by atoms with Crippen LogP contribution in [0.5, 0.6) is 0 Å². The van der Waals surface area contributed by atoms with Crippen molar-refractivity contribution in [3.05, 3.63) is 18.0 Å². The lowest BCUT2D eigenvalue weighted by Gasteiger charge is -2.45. The molecule has 27 heavy (non-hydrogen) atoms. The number of nitrogens with zero attached hydrogens (tertiary/aromatic N) is 4. The quantitative estimate of drug-likeness (QED) is 0.870. The number of anilines is 1. The summed E-state index contributed by atoms with van der Waals surface area (Å²) < 4.78 is 5.37. The van der Waals surface area contributed by atoms with E-state index in [4.69, 9.17) is 4.74 Å². The molecule has 2 aliphatic heterocycles. The molecule has 3 heterocycles. The molecule has 148 valence electrons. The predicted molar refractivity (Wildman–Crippen MR) is 104 cm³/mol. The fourth-order valence-electron chi connectivity index (χ4n) is 4.62. The van der Waals surface area contributed by atoms with Crippen molar-refractivity contribution in [3.8, 4) is 0 Å². The molecule has 7 nitrogen and oxygen atoms in total. The van der Waals surface area contributed by atoms with Gasteiger partial charge in [-0.25, -0.2) is 9.97 Å². The third-order valence-electron chi connectivity index (χ3n) is 6.60.